The van der Waals surface area contributed by atoms with E-state index in [1.54, 1.807) is 25.7 Å². The minimum atomic E-state index is -0.355. The Bertz CT molecular complexity index is 732. The van der Waals surface area contributed by atoms with E-state index in [4.69, 9.17) is 9.47 Å². The van der Waals surface area contributed by atoms with Crippen LogP contribution in [0.3, 0.4) is 0 Å². The Labute approximate surface area is 141 Å². The summed E-state index contributed by atoms with van der Waals surface area (Å²) < 4.78 is 11.3. The zero-order chi connectivity index (χ0) is 17.2. The normalized spacial score (nSPS) is 18.2. The van der Waals surface area contributed by atoms with Gasteiger partial charge in [-0.1, -0.05) is 0 Å². The number of benzene rings is 1. The second-order valence-corrected chi connectivity index (χ2v) is 6.46. The highest BCUT2D eigenvalue weighted by Crippen LogP contribution is 2.41. The smallest absolute Gasteiger partial charge is 0.226 e. The molecule has 1 N–H and O–H groups in total. The highest BCUT2D eigenvalue weighted by molar-refractivity contribution is 5.78. The van der Waals surface area contributed by atoms with Gasteiger partial charge in [0.2, 0.25) is 5.91 Å². The Hall–Kier alpha value is -2.63. The largest absolute Gasteiger partial charge is 0.497 e. The molecule has 1 amide bonds. The summed E-state index contributed by atoms with van der Waals surface area (Å²) in [5.41, 5.74) is 1.22. The highest BCUT2D eigenvalue weighted by atomic mass is 16.5. The molecular formula is C18H21N3O3. The monoisotopic (exact) mass is 327 g/mol. The summed E-state index contributed by atoms with van der Waals surface area (Å²) in [6, 6.07) is 5.52. The Morgan fingerprint density at radius 3 is 2.96 bits per heavy atom. The van der Waals surface area contributed by atoms with Crippen molar-refractivity contribution in [3.63, 3.8) is 0 Å². The molecule has 0 fully saturated rings. The van der Waals surface area contributed by atoms with Crippen molar-refractivity contribution in [2.24, 2.45) is 0 Å². The number of rotatable bonds is 4. The van der Waals surface area contributed by atoms with E-state index in [-0.39, 0.29) is 24.0 Å². The fourth-order valence-electron chi connectivity index (χ4n) is 2.92. The van der Waals surface area contributed by atoms with Crippen molar-refractivity contribution in [1.82, 2.24) is 15.3 Å². The second-order valence-electron chi connectivity index (χ2n) is 6.46. The van der Waals surface area contributed by atoms with E-state index in [1.807, 2.05) is 32.0 Å². The van der Waals surface area contributed by atoms with Gasteiger partial charge in [-0.25, -0.2) is 0 Å². The van der Waals surface area contributed by atoms with Gasteiger partial charge in [-0.3, -0.25) is 14.8 Å². The van der Waals surface area contributed by atoms with Crippen LogP contribution in [-0.4, -0.2) is 28.6 Å². The number of ether oxygens (including phenoxy) is 2. The molecule has 1 aromatic heterocycles. The van der Waals surface area contributed by atoms with E-state index in [2.05, 4.69) is 15.3 Å². The lowest BCUT2D eigenvalue weighted by molar-refractivity contribution is -0.121. The third kappa shape index (κ3) is 3.64. The van der Waals surface area contributed by atoms with Crippen LogP contribution in [0.2, 0.25) is 0 Å². The molecule has 0 radical (unpaired) electrons. The number of hydrogen-bond acceptors (Lipinski definition) is 5. The first-order valence-electron chi connectivity index (χ1n) is 7.88. The zero-order valence-electron chi connectivity index (χ0n) is 14.1. The van der Waals surface area contributed by atoms with Gasteiger partial charge in [0, 0.05) is 30.6 Å². The summed E-state index contributed by atoms with van der Waals surface area (Å²) in [7, 11) is 1.62. The number of fused-ring (bicyclic) bond motifs is 1. The van der Waals surface area contributed by atoms with Crippen molar-refractivity contribution in [2.45, 2.75) is 38.3 Å². The summed E-state index contributed by atoms with van der Waals surface area (Å²) in [6.07, 6.45) is 5.65. The minimum Gasteiger partial charge on any atom is -0.497 e. The van der Waals surface area contributed by atoms with E-state index in [1.165, 1.54) is 0 Å². The molecule has 24 heavy (non-hydrogen) atoms. The predicted octanol–water partition coefficient (Wildman–Crippen LogP) is 2.45. The molecule has 0 aliphatic carbocycles. The van der Waals surface area contributed by atoms with Crippen LogP contribution in [-0.2, 0) is 11.2 Å². The van der Waals surface area contributed by atoms with Crippen LogP contribution in [0.1, 0.15) is 37.6 Å². The van der Waals surface area contributed by atoms with Crippen LogP contribution < -0.4 is 14.8 Å². The fraction of sp³-hybridized carbons (Fsp3) is 0.389. The third-order valence-electron chi connectivity index (χ3n) is 3.97. The molecule has 126 valence electrons. The van der Waals surface area contributed by atoms with Crippen molar-refractivity contribution < 1.29 is 14.3 Å². The number of carbonyl (C=O) groups excluding carboxylic acids is 1. The van der Waals surface area contributed by atoms with Crippen LogP contribution in [0.4, 0.5) is 0 Å². The molecule has 0 saturated carbocycles. The Morgan fingerprint density at radius 2 is 2.25 bits per heavy atom. The molecule has 1 aliphatic rings. The van der Waals surface area contributed by atoms with Crippen molar-refractivity contribution in [3.8, 4) is 11.5 Å². The maximum atomic E-state index is 12.4. The first kappa shape index (κ1) is 16.2. The average molecular weight is 327 g/mol. The van der Waals surface area contributed by atoms with Crippen LogP contribution in [0.25, 0.3) is 0 Å². The molecule has 6 heteroatoms. The molecule has 0 spiro atoms. The second kappa shape index (κ2) is 6.47. The summed E-state index contributed by atoms with van der Waals surface area (Å²) in [5, 5.41) is 3.09. The average Bonchev–Trinajstić information content (AvgIpc) is 2.54. The van der Waals surface area contributed by atoms with Crippen molar-refractivity contribution in [2.75, 3.05) is 7.11 Å². The lowest BCUT2D eigenvalue weighted by atomic mass is 9.89. The number of methoxy groups -OCH3 is 1. The van der Waals surface area contributed by atoms with Gasteiger partial charge in [-0.05, 0) is 32.0 Å². The topological polar surface area (TPSA) is 73.3 Å². The first-order valence-corrected chi connectivity index (χ1v) is 7.88. The standard InChI is InChI=1S/C18H21N3O3/c1-18(2)10-15(14-9-13(23-3)4-5-16(14)24-18)21-17(22)8-12-11-19-6-7-20-12/h4-7,9,11,15H,8,10H2,1-3H3,(H,21,22). The minimum absolute atomic E-state index is 0.0908. The molecule has 1 atom stereocenters. The number of nitrogens with zero attached hydrogens (tertiary/aromatic N) is 2. The molecule has 1 aliphatic heterocycles. The molecule has 6 nitrogen and oxygen atoms in total. The lowest BCUT2D eigenvalue weighted by Gasteiger charge is -2.38. The molecule has 0 bridgehead atoms. The maximum Gasteiger partial charge on any atom is 0.226 e. The van der Waals surface area contributed by atoms with Crippen molar-refractivity contribution in [1.29, 1.82) is 0 Å². The van der Waals surface area contributed by atoms with E-state index in [0.29, 0.717) is 12.1 Å². The van der Waals surface area contributed by atoms with E-state index < -0.39 is 0 Å². The number of hydrogen-bond donors (Lipinski definition) is 1. The van der Waals surface area contributed by atoms with Gasteiger partial charge in [0.05, 0.1) is 25.3 Å². The first-order chi connectivity index (χ1) is 11.5. The summed E-state index contributed by atoms with van der Waals surface area (Å²) in [4.78, 5) is 20.5. The lowest BCUT2D eigenvalue weighted by Crippen LogP contribution is -2.41. The molecule has 2 aromatic rings. The molecule has 3 rings (SSSR count). The summed E-state index contributed by atoms with van der Waals surface area (Å²) >= 11 is 0. The van der Waals surface area contributed by atoms with E-state index >= 15 is 0 Å². The van der Waals surface area contributed by atoms with Gasteiger partial charge in [0.1, 0.15) is 17.1 Å². The number of amides is 1. The van der Waals surface area contributed by atoms with Gasteiger partial charge in [-0.2, -0.15) is 0 Å². The van der Waals surface area contributed by atoms with Crippen LogP contribution in [0.5, 0.6) is 11.5 Å². The molecule has 1 unspecified atom stereocenters. The fourth-order valence-corrected chi connectivity index (χ4v) is 2.92. The summed E-state index contributed by atoms with van der Waals surface area (Å²) in [6.45, 7) is 4.03. The Morgan fingerprint density at radius 1 is 1.42 bits per heavy atom. The van der Waals surface area contributed by atoms with Crippen LogP contribution >= 0.6 is 0 Å². The van der Waals surface area contributed by atoms with Crippen molar-refractivity contribution >= 4 is 5.91 Å². The SMILES string of the molecule is COc1ccc2c(c1)C(NC(=O)Cc1cnccn1)CC(C)(C)O2. The number of carbonyl (C=O) groups is 1. The molecule has 1 aromatic carbocycles. The van der Waals surface area contributed by atoms with Crippen LogP contribution in [0, 0.1) is 0 Å². The van der Waals surface area contributed by atoms with Gasteiger partial charge in [0.25, 0.3) is 0 Å². The van der Waals surface area contributed by atoms with Gasteiger partial charge < -0.3 is 14.8 Å². The number of nitrogens with one attached hydrogen (secondary N) is 1. The van der Waals surface area contributed by atoms with E-state index in [9.17, 15) is 4.79 Å². The maximum absolute atomic E-state index is 12.4. The molecule has 2 heterocycles. The van der Waals surface area contributed by atoms with E-state index in [0.717, 1.165) is 17.1 Å². The van der Waals surface area contributed by atoms with Gasteiger partial charge in [-0.15, -0.1) is 0 Å². The van der Waals surface area contributed by atoms with Gasteiger partial charge >= 0.3 is 0 Å². The Balaban J connectivity index is 1.80. The van der Waals surface area contributed by atoms with Gasteiger partial charge in [0.15, 0.2) is 0 Å². The van der Waals surface area contributed by atoms with Crippen LogP contribution in [0.15, 0.2) is 36.8 Å². The molecular weight excluding hydrogens is 306 g/mol. The predicted molar refractivity (Wildman–Crippen MR) is 88.9 cm³/mol. The highest BCUT2D eigenvalue weighted by Gasteiger charge is 2.34. The third-order valence-corrected chi connectivity index (χ3v) is 3.97. The number of aromatic nitrogens is 2. The van der Waals surface area contributed by atoms with Crippen molar-refractivity contribution in [3.05, 3.63) is 48.0 Å². The zero-order valence-corrected chi connectivity index (χ0v) is 14.1. The molecule has 0 saturated heterocycles. The quantitative estimate of drug-likeness (QED) is 0.934. The summed E-state index contributed by atoms with van der Waals surface area (Å²) in [5.74, 6) is 1.43. The Kier molecular flexibility index (Phi) is 4.38.